The van der Waals surface area contributed by atoms with Crippen LogP contribution in [-0.2, 0) is 0 Å². The first-order valence-corrected chi connectivity index (χ1v) is 6.67. The van der Waals surface area contributed by atoms with E-state index in [4.69, 9.17) is 0 Å². The highest BCUT2D eigenvalue weighted by Gasteiger charge is 2.29. The quantitative estimate of drug-likeness (QED) is 0.520. The molecule has 0 aromatic carbocycles. The van der Waals surface area contributed by atoms with Crippen molar-refractivity contribution in [2.45, 2.75) is 71.6 Å². The minimum Gasteiger partial charge on any atom is -0.0599 e. The Kier molecular flexibility index (Phi) is 3.19. The van der Waals surface area contributed by atoms with Gasteiger partial charge in [-0.1, -0.05) is 52.4 Å². The van der Waals surface area contributed by atoms with E-state index < -0.39 is 0 Å². The maximum Gasteiger partial charge on any atom is -0.0354 e. The van der Waals surface area contributed by atoms with E-state index in [9.17, 15) is 0 Å². The van der Waals surface area contributed by atoms with Crippen LogP contribution in [0.4, 0.5) is 0 Å². The molecule has 2 aliphatic rings. The zero-order chi connectivity index (χ0) is 10.0. The lowest BCUT2D eigenvalue weighted by atomic mass is 9.68. The van der Waals surface area contributed by atoms with Crippen LogP contribution in [0.1, 0.15) is 71.6 Å². The van der Waals surface area contributed by atoms with Crippen molar-refractivity contribution in [3.8, 4) is 0 Å². The fraction of sp³-hybridized carbons (Fsp3) is 1.00. The summed E-state index contributed by atoms with van der Waals surface area (Å²) in [7, 11) is 0. The summed E-state index contributed by atoms with van der Waals surface area (Å²) < 4.78 is 0. The van der Waals surface area contributed by atoms with Crippen LogP contribution >= 0.6 is 0 Å². The van der Waals surface area contributed by atoms with Gasteiger partial charge in [0.05, 0.1) is 0 Å². The van der Waals surface area contributed by atoms with Gasteiger partial charge in [-0.15, -0.1) is 0 Å². The van der Waals surface area contributed by atoms with Gasteiger partial charge in [-0.25, -0.2) is 0 Å². The molecule has 0 heteroatoms. The normalized spacial score (nSPS) is 38.1. The Balaban J connectivity index is 1.94. The molecule has 82 valence electrons. The van der Waals surface area contributed by atoms with E-state index >= 15 is 0 Å². The molecule has 2 fully saturated rings. The minimum absolute atomic E-state index is 0.641. The molecule has 0 heterocycles. The van der Waals surface area contributed by atoms with Crippen LogP contribution in [-0.4, -0.2) is 0 Å². The molecule has 0 spiro atoms. The fourth-order valence-electron chi connectivity index (χ4n) is 3.59. The third-order valence-corrected chi connectivity index (χ3v) is 4.69. The average molecular weight is 194 g/mol. The Bertz CT molecular complexity index is 180. The summed E-state index contributed by atoms with van der Waals surface area (Å²) in [6.07, 6.45) is 13.6. The van der Waals surface area contributed by atoms with Crippen LogP contribution in [0.3, 0.4) is 0 Å². The summed E-state index contributed by atoms with van der Waals surface area (Å²) in [4.78, 5) is 0. The maximum atomic E-state index is 2.47. The molecule has 0 bridgehead atoms. The van der Waals surface area contributed by atoms with Crippen LogP contribution in [0.15, 0.2) is 0 Å². The van der Waals surface area contributed by atoms with Crippen molar-refractivity contribution < 1.29 is 0 Å². The van der Waals surface area contributed by atoms with Crippen molar-refractivity contribution in [1.82, 2.24) is 0 Å². The van der Waals surface area contributed by atoms with Gasteiger partial charge in [0.1, 0.15) is 0 Å². The van der Waals surface area contributed by atoms with E-state index in [0.29, 0.717) is 5.41 Å². The largest absolute Gasteiger partial charge is 0.0599 e. The number of hydrogen-bond donors (Lipinski definition) is 0. The SMILES string of the molecule is CC1(C)CCCC2CCCCC2CC1. The zero-order valence-electron chi connectivity index (χ0n) is 10.0. The van der Waals surface area contributed by atoms with E-state index in [2.05, 4.69) is 13.8 Å². The molecule has 2 atom stereocenters. The van der Waals surface area contributed by atoms with Crippen LogP contribution in [0, 0.1) is 17.3 Å². The highest BCUT2D eigenvalue weighted by Crippen LogP contribution is 2.42. The van der Waals surface area contributed by atoms with Crippen LogP contribution in [0.2, 0.25) is 0 Å². The predicted octanol–water partition coefficient (Wildman–Crippen LogP) is 4.78. The van der Waals surface area contributed by atoms with E-state index in [1.165, 1.54) is 44.9 Å². The molecule has 0 N–H and O–H groups in total. The Labute approximate surface area is 89.5 Å². The molecule has 0 aromatic heterocycles. The molecule has 0 saturated heterocycles. The standard InChI is InChI=1S/C14H26/c1-14(2)10-5-8-12-6-3-4-7-13(12)9-11-14/h12-13H,3-11H2,1-2H3. The van der Waals surface area contributed by atoms with E-state index in [1.807, 2.05) is 0 Å². The highest BCUT2D eigenvalue weighted by molar-refractivity contribution is 4.81. The lowest BCUT2D eigenvalue weighted by molar-refractivity contribution is 0.143. The van der Waals surface area contributed by atoms with Gasteiger partial charge in [-0.2, -0.15) is 0 Å². The Morgan fingerprint density at radius 1 is 0.714 bits per heavy atom. The second kappa shape index (κ2) is 4.24. The van der Waals surface area contributed by atoms with Crippen LogP contribution in [0.25, 0.3) is 0 Å². The second-order valence-corrected chi connectivity index (χ2v) is 6.40. The van der Waals surface area contributed by atoms with Gasteiger partial charge in [-0.05, 0) is 36.5 Å². The van der Waals surface area contributed by atoms with Crippen molar-refractivity contribution in [3.05, 3.63) is 0 Å². The van der Waals surface area contributed by atoms with Gasteiger partial charge in [-0.3, -0.25) is 0 Å². The molecule has 2 unspecified atom stereocenters. The minimum atomic E-state index is 0.641. The fourth-order valence-corrected chi connectivity index (χ4v) is 3.59. The van der Waals surface area contributed by atoms with Gasteiger partial charge in [0.25, 0.3) is 0 Å². The lowest BCUT2D eigenvalue weighted by Crippen LogP contribution is -2.25. The summed E-state index contributed by atoms with van der Waals surface area (Å²) in [5, 5.41) is 0. The monoisotopic (exact) mass is 194 g/mol. The average Bonchev–Trinajstić information content (AvgIpc) is 2.14. The Hall–Kier alpha value is 0. The van der Waals surface area contributed by atoms with Crippen molar-refractivity contribution >= 4 is 0 Å². The van der Waals surface area contributed by atoms with Crippen molar-refractivity contribution in [3.63, 3.8) is 0 Å². The molecular formula is C14H26. The molecule has 2 rings (SSSR count). The molecule has 0 nitrogen and oxygen atoms in total. The number of fused-ring (bicyclic) bond motifs is 1. The molecule has 2 aliphatic carbocycles. The van der Waals surface area contributed by atoms with Gasteiger partial charge in [0.2, 0.25) is 0 Å². The first-order chi connectivity index (χ1) is 6.67. The Morgan fingerprint density at radius 3 is 2.00 bits per heavy atom. The summed E-state index contributed by atoms with van der Waals surface area (Å²) in [5.41, 5.74) is 0.641. The molecule has 14 heavy (non-hydrogen) atoms. The van der Waals surface area contributed by atoms with Crippen LogP contribution < -0.4 is 0 Å². The third kappa shape index (κ3) is 2.52. The van der Waals surface area contributed by atoms with Crippen LogP contribution in [0.5, 0.6) is 0 Å². The number of rotatable bonds is 0. The first-order valence-electron chi connectivity index (χ1n) is 6.67. The maximum absolute atomic E-state index is 2.47. The molecule has 0 amide bonds. The third-order valence-electron chi connectivity index (χ3n) is 4.69. The summed E-state index contributed by atoms with van der Waals surface area (Å²) in [6.45, 7) is 4.94. The topological polar surface area (TPSA) is 0 Å². The molecule has 0 radical (unpaired) electrons. The molecule has 0 aromatic rings. The van der Waals surface area contributed by atoms with Crippen molar-refractivity contribution in [2.75, 3.05) is 0 Å². The number of hydrogen-bond acceptors (Lipinski definition) is 0. The summed E-state index contributed by atoms with van der Waals surface area (Å²) in [5.74, 6) is 2.21. The van der Waals surface area contributed by atoms with Gasteiger partial charge < -0.3 is 0 Å². The van der Waals surface area contributed by atoms with E-state index in [1.54, 1.807) is 12.8 Å². The summed E-state index contributed by atoms with van der Waals surface area (Å²) >= 11 is 0. The molecule has 0 aliphatic heterocycles. The summed E-state index contributed by atoms with van der Waals surface area (Å²) in [6, 6.07) is 0. The lowest BCUT2D eigenvalue weighted by Gasteiger charge is -2.37. The predicted molar refractivity (Wildman–Crippen MR) is 62.3 cm³/mol. The van der Waals surface area contributed by atoms with Gasteiger partial charge >= 0.3 is 0 Å². The highest BCUT2D eigenvalue weighted by atomic mass is 14.4. The molecular weight excluding hydrogens is 168 g/mol. The van der Waals surface area contributed by atoms with Crippen molar-refractivity contribution in [2.24, 2.45) is 17.3 Å². The second-order valence-electron chi connectivity index (χ2n) is 6.40. The Morgan fingerprint density at radius 2 is 1.29 bits per heavy atom. The van der Waals surface area contributed by atoms with Crippen molar-refractivity contribution in [1.29, 1.82) is 0 Å². The zero-order valence-corrected chi connectivity index (χ0v) is 10.0. The first kappa shape index (κ1) is 10.5. The molecule has 2 saturated carbocycles. The van der Waals surface area contributed by atoms with E-state index in [0.717, 1.165) is 11.8 Å². The van der Waals surface area contributed by atoms with E-state index in [-0.39, 0.29) is 0 Å². The smallest absolute Gasteiger partial charge is 0.0354 e. The van der Waals surface area contributed by atoms with Gasteiger partial charge in [0.15, 0.2) is 0 Å². The van der Waals surface area contributed by atoms with Gasteiger partial charge in [0, 0.05) is 0 Å².